The van der Waals surface area contributed by atoms with Gasteiger partial charge in [0, 0.05) is 36.7 Å². The predicted molar refractivity (Wildman–Crippen MR) is 93.1 cm³/mol. The van der Waals surface area contributed by atoms with E-state index in [1.54, 1.807) is 0 Å². The first-order chi connectivity index (χ1) is 11.6. The Morgan fingerprint density at radius 1 is 1.29 bits per heavy atom. The normalized spacial score (nSPS) is 26.2. The Morgan fingerprint density at radius 2 is 2.04 bits per heavy atom. The molecule has 1 aromatic rings. The molecule has 2 aliphatic heterocycles. The minimum absolute atomic E-state index is 0.00126. The van der Waals surface area contributed by atoms with Crippen molar-refractivity contribution in [3.05, 3.63) is 34.9 Å². The number of nitrogens with two attached hydrogens (primary N) is 1. The minimum Gasteiger partial charge on any atom is -0.381 e. The molecule has 2 saturated heterocycles. The zero-order valence-electron chi connectivity index (χ0n) is 13.8. The molecule has 2 atom stereocenters. The van der Waals surface area contributed by atoms with Crippen LogP contribution < -0.4 is 11.1 Å². The summed E-state index contributed by atoms with van der Waals surface area (Å²) in [5, 5.41) is 3.83. The van der Waals surface area contributed by atoms with Crippen LogP contribution in [0.3, 0.4) is 0 Å². The maximum Gasteiger partial charge on any atom is 0.249 e. The number of halogens is 1. The fraction of sp³-hybridized carbons (Fsp3) is 0.611. The summed E-state index contributed by atoms with van der Waals surface area (Å²) in [6.07, 6.45) is 2.87. The van der Waals surface area contributed by atoms with Gasteiger partial charge in [-0.3, -0.25) is 4.79 Å². The molecule has 2 aliphatic rings. The van der Waals surface area contributed by atoms with Gasteiger partial charge in [-0.2, -0.15) is 0 Å². The number of hydrogen-bond donors (Lipinski definition) is 2. The van der Waals surface area contributed by atoms with Crippen molar-refractivity contribution < 1.29 is 14.3 Å². The lowest BCUT2D eigenvalue weighted by molar-refractivity contribution is -0.132. The van der Waals surface area contributed by atoms with Crippen LogP contribution in [0.25, 0.3) is 0 Å². The van der Waals surface area contributed by atoms with Crippen LogP contribution in [0.5, 0.6) is 0 Å². The van der Waals surface area contributed by atoms with Gasteiger partial charge in [-0.25, -0.2) is 0 Å². The van der Waals surface area contributed by atoms with Gasteiger partial charge in [0.2, 0.25) is 5.91 Å². The Bertz CT molecular complexity index is 575. The van der Waals surface area contributed by atoms with E-state index in [-0.39, 0.29) is 23.5 Å². The SMILES string of the molecule is NC[C@H]1CC[C@@H](C(=O)NCC2(c3ccccc3Cl)CCOCC2)O1. The summed E-state index contributed by atoms with van der Waals surface area (Å²) in [6, 6.07) is 7.88. The molecule has 5 nitrogen and oxygen atoms in total. The molecule has 1 aromatic carbocycles. The molecule has 0 bridgehead atoms. The highest BCUT2D eigenvalue weighted by molar-refractivity contribution is 6.31. The molecule has 0 spiro atoms. The van der Waals surface area contributed by atoms with Crippen LogP contribution in [0.1, 0.15) is 31.2 Å². The third-order valence-electron chi connectivity index (χ3n) is 5.16. The van der Waals surface area contributed by atoms with Crippen LogP contribution in [0.4, 0.5) is 0 Å². The number of hydrogen-bond acceptors (Lipinski definition) is 4. The summed E-state index contributed by atoms with van der Waals surface area (Å²) in [5.74, 6) is -0.0520. The number of ether oxygens (including phenoxy) is 2. The summed E-state index contributed by atoms with van der Waals surface area (Å²) in [7, 11) is 0. The van der Waals surface area contributed by atoms with Gasteiger partial charge in [-0.15, -0.1) is 0 Å². The van der Waals surface area contributed by atoms with E-state index in [1.807, 2.05) is 18.2 Å². The van der Waals surface area contributed by atoms with Gasteiger partial charge in [0.1, 0.15) is 6.10 Å². The average molecular weight is 353 g/mol. The molecule has 0 aromatic heterocycles. The summed E-state index contributed by atoms with van der Waals surface area (Å²) in [4.78, 5) is 12.5. The average Bonchev–Trinajstić information content (AvgIpc) is 3.10. The zero-order chi connectivity index (χ0) is 17.0. The molecular weight excluding hydrogens is 328 g/mol. The molecule has 1 amide bonds. The Balaban J connectivity index is 1.69. The van der Waals surface area contributed by atoms with E-state index in [9.17, 15) is 4.79 Å². The lowest BCUT2D eigenvalue weighted by Gasteiger charge is -2.38. The van der Waals surface area contributed by atoms with E-state index < -0.39 is 0 Å². The van der Waals surface area contributed by atoms with E-state index >= 15 is 0 Å². The van der Waals surface area contributed by atoms with Crippen LogP contribution in [-0.4, -0.2) is 44.4 Å². The lowest BCUT2D eigenvalue weighted by atomic mass is 9.74. The van der Waals surface area contributed by atoms with Crippen LogP contribution in [0, 0.1) is 0 Å². The number of carbonyl (C=O) groups is 1. The Morgan fingerprint density at radius 3 is 2.71 bits per heavy atom. The van der Waals surface area contributed by atoms with Crippen molar-refractivity contribution in [1.82, 2.24) is 5.32 Å². The summed E-state index contributed by atoms with van der Waals surface area (Å²) in [6.45, 7) is 2.36. The molecule has 24 heavy (non-hydrogen) atoms. The van der Waals surface area contributed by atoms with Gasteiger partial charge < -0.3 is 20.5 Å². The molecule has 0 unspecified atom stereocenters. The maximum absolute atomic E-state index is 12.5. The molecule has 3 rings (SSSR count). The molecule has 3 N–H and O–H groups in total. The van der Waals surface area contributed by atoms with Crippen molar-refractivity contribution in [1.29, 1.82) is 0 Å². The van der Waals surface area contributed by atoms with E-state index in [0.717, 1.165) is 36.3 Å². The molecule has 2 heterocycles. The largest absolute Gasteiger partial charge is 0.381 e. The molecular formula is C18H25ClN2O3. The number of rotatable bonds is 5. The van der Waals surface area contributed by atoms with E-state index in [4.69, 9.17) is 26.8 Å². The van der Waals surface area contributed by atoms with E-state index in [2.05, 4.69) is 11.4 Å². The first-order valence-electron chi connectivity index (χ1n) is 8.61. The second-order valence-corrected chi connectivity index (χ2v) is 7.06. The second kappa shape index (κ2) is 7.83. The molecule has 0 saturated carbocycles. The fourth-order valence-electron chi connectivity index (χ4n) is 3.64. The first kappa shape index (κ1) is 17.7. The Kier molecular flexibility index (Phi) is 5.76. The van der Waals surface area contributed by atoms with Crippen molar-refractivity contribution >= 4 is 17.5 Å². The van der Waals surface area contributed by atoms with Crippen molar-refractivity contribution in [2.24, 2.45) is 5.73 Å². The highest BCUT2D eigenvalue weighted by Gasteiger charge is 2.38. The van der Waals surface area contributed by atoms with Crippen molar-refractivity contribution in [3.63, 3.8) is 0 Å². The molecule has 2 fully saturated rings. The molecule has 0 aliphatic carbocycles. The molecule has 6 heteroatoms. The highest BCUT2D eigenvalue weighted by atomic mass is 35.5. The van der Waals surface area contributed by atoms with Crippen molar-refractivity contribution in [2.45, 2.75) is 43.3 Å². The van der Waals surface area contributed by atoms with Crippen LogP contribution >= 0.6 is 11.6 Å². The van der Waals surface area contributed by atoms with E-state index in [1.165, 1.54) is 0 Å². The first-order valence-corrected chi connectivity index (χ1v) is 8.98. The molecule has 0 radical (unpaired) electrons. The van der Waals surface area contributed by atoms with E-state index in [0.29, 0.717) is 26.3 Å². The summed E-state index contributed by atoms with van der Waals surface area (Å²) in [5.41, 5.74) is 6.52. The highest BCUT2D eigenvalue weighted by Crippen LogP contribution is 2.38. The van der Waals surface area contributed by atoms with Crippen molar-refractivity contribution in [3.8, 4) is 0 Å². The quantitative estimate of drug-likeness (QED) is 0.850. The van der Waals surface area contributed by atoms with Crippen molar-refractivity contribution in [2.75, 3.05) is 26.3 Å². The lowest BCUT2D eigenvalue weighted by Crippen LogP contribution is -2.47. The topological polar surface area (TPSA) is 73.6 Å². The van der Waals surface area contributed by atoms with Gasteiger partial charge in [-0.1, -0.05) is 29.8 Å². The van der Waals surface area contributed by atoms with Crippen LogP contribution in [-0.2, 0) is 19.7 Å². The number of amides is 1. The van der Waals surface area contributed by atoms with Gasteiger partial charge in [0.15, 0.2) is 0 Å². The predicted octanol–water partition coefficient (Wildman–Crippen LogP) is 2.01. The third-order valence-corrected chi connectivity index (χ3v) is 5.49. The van der Waals surface area contributed by atoms with Gasteiger partial charge >= 0.3 is 0 Å². The standard InChI is InChI=1S/C18H25ClN2O3/c19-15-4-2-1-3-14(15)18(7-9-23-10-8-18)12-21-17(22)16-6-5-13(11-20)24-16/h1-4,13,16H,5-12,20H2,(H,21,22)/t13-,16+/m1/s1. The monoisotopic (exact) mass is 352 g/mol. The maximum atomic E-state index is 12.5. The third kappa shape index (κ3) is 3.75. The number of benzene rings is 1. The van der Waals surface area contributed by atoms with Gasteiger partial charge in [0.25, 0.3) is 0 Å². The van der Waals surface area contributed by atoms with Gasteiger partial charge in [0.05, 0.1) is 6.10 Å². The number of nitrogens with one attached hydrogen (secondary N) is 1. The summed E-state index contributed by atoms with van der Waals surface area (Å²) >= 11 is 6.44. The zero-order valence-corrected chi connectivity index (χ0v) is 14.6. The number of carbonyl (C=O) groups excluding carboxylic acids is 1. The Hall–Kier alpha value is -1.14. The van der Waals surface area contributed by atoms with Crippen LogP contribution in [0.2, 0.25) is 5.02 Å². The smallest absolute Gasteiger partial charge is 0.249 e. The second-order valence-electron chi connectivity index (χ2n) is 6.65. The summed E-state index contributed by atoms with van der Waals surface area (Å²) < 4.78 is 11.2. The molecule has 132 valence electrons. The van der Waals surface area contributed by atoms with Gasteiger partial charge in [-0.05, 0) is 37.3 Å². The minimum atomic E-state index is -0.387. The van der Waals surface area contributed by atoms with Crippen LogP contribution in [0.15, 0.2) is 24.3 Å². The Labute approximate surface area is 147 Å². The fourth-order valence-corrected chi connectivity index (χ4v) is 3.97.